The van der Waals surface area contributed by atoms with Gasteiger partial charge in [-0.1, -0.05) is 11.6 Å². The summed E-state index contributed by atoms with van der Waals surface area (Å²) in [5, 5.41) is 6.39. The molecule has 1 saturated carbocycles. The van der Waals surface area contributed by atoms with Crippen molar-refractivity contribution in [3.63, 3.8) is 0 Å². The summed E-state index contributed by atoms with van der Waals surface area (Å²) < 4.78 is 5.59. The molecule has 19 heavy (non-hydrogen) atoms. The molecule has 2 rings (SSSR count). The van der Waals surface area contributed by atoms with E-state index < -0.39 is 0 Å². The van der Waals surface area contributed by atoms with Crippen molar-refractivity contribution in [3.05, 3.63) is 28.3 Å². The Labute approximate surface area is 118 Å². The van der Waals surface area contributed by atoms with Crippen molar-refractivity contribution in [3.8, 4) is 5.75 Å². The van der Waals surface area contributed by atoms with Gasteiger partial charge in [0.1, 0.15) is 12.4 Å². The van der Waals surface area contributed by atoms with E-state index in [1.807, 2.05) is 26.0 Å². The summed E-state index contributed by atoms with van der Waals surface area (Å²) >= 11 is 6.09. The Morgan fingerprint density at radius 3 is 2.58 bits per heavy atom. The van der Waals surface area contributed by atoms with E-state index in [9.17, 15) is 4.79 Å². The number of hydrogen-bond donors (Lipinski definition) is 2. The number of amides is 2. The van der Waals surface area contributed by atoms with Gasteiger partial charge in [0.2, 0.25) is 0 Å². The van der Waals surface area contributed by atoms with Crippen molar-refractivity contribution in [2.75, 3.05) is 13.2 Å². The lowest BCUT2D eigenvalue weighted by Crippen LogP contribution is -2.38. The third-order valence-electron chi connectivity index (χ3n) is 2.98. The Balaban J connectivity index is 1.71. The van der Waals surface area contributed by atoms with Gasteiger partial charge in [0.05, 0.1) is 6.54 Å². The maximum Gasteiger partial charge on any atom is 0.315 e. The van der Waals surface area contributed by atoms with Gasteiger partial charge in [-0.2, -0.15) is 0 Å². The van der Waals surface area contributed by atoms with Gasteiger partial charge in [0.25, 0.3) is 0 Å². The summed E-state index contributed by atoms with van der Waals surface area (Å²) in [5.74, 6) is 0.781. The fourth-order valence-electron chi connectivity index (χ4n) is 1.79. The average molecular weight is 283 g/mol. The fourth-order valence-corrected chi connectivity index (χ4v) is 1.90. The van der Waals surface area contributed by atoms with Crippen molar-refractivity contribution >= 4 is 17.6 Å². The number of carbonyl (C=O) groups excluding carboxylic acids is 1. The molecule has 0 unspecified atom stereocenters. The van der Waals surface area contributed by atoms with Crippen LogP contribution in [-0.4, -0.2) is 25.2 Å². The van der Waals surface area contributed by atoms with Gasteiger partial charge < -0.3 is 15.4 Å². The number of hydrogen-bond acceptors (Lipinski definition) is 2. The molecule has 0 aliphatic heterocycles. The van der Waals surface area contributed by atoms with Gasteiger partial charge in [-0.25, -0.2) is 4.79 Å². The molecular formula is C14H19ClN2O2. The molecule has 5 heteroatoms. The van der Waals surface area contributed by atoms with E-state index in [4.69, 9.17) is 16.3 Å². The first kappa shape index (κ1) is 14.0. The van der Waals surface area contributed by atoms with Crippen molar-refractivity contribution in [2.45, 2.75) is 32.7 Å². The fraction of sp³-hybridized carbons (Fsp3) is 0.500. The van der Waals surface area contributed by atoms with Crippen LogP contribution in [0.4, 0.5) is 4.79 Å². The Morgan fingerprint density at radius 2 is 2.00 bits per heavy atom. The Morgan fingerprint density at radius 1 is 1.37 bits per heavy atom. The number of urea groups is 1. The molecule has 1 aliphatic carbocycles. The van der Waals surface area contributed by atoms with E-state index in [1.54, 1.807) is 0 Å². The molecule has 1 aromatic carbocycles. The highest BCUT2D eigenvalue weighted by molar-refractivity contribution is 6.32. The number of halogens is 1. The maximum atomic E-state index is 11.4. The van der Waals surface area contributed by atoms with Gasteiger partial charge in [-0.3, -0.25) is 0 Å². The van der Waals surface area contributed by atoms with Crippen LogP contribution in [0.3, 0.4) is 0 Å². The van der Waals surface area contributed by atoms with Gasteiger partial charge in [0.15, 0.2) is 0 Å². The molecule has 0 spiro atoms. The summed E-state index contributed by atoms with van der Waals surface area (Å²) in [5.41, 5.74) is 1.99. The molecule has 0 atom stereocenters. The third kappa shape index (κ3) is 4.31. The minimum Gasteiger partial charge on any atom is -0.492 e. The second-order valence-electron chi connectivity index (χ2n) is 4.89. The molecule has 0 radical (unpaired) electrons. The summed E-state index contributed by atoms with van der Waals surface area (Å²) in [6.07, 6.45) is 2.18. The zero-order valence-corrected chi connectivity index (χ0v) is 12.0. The average Bonchev–Trinajstić information content (AvgIpc) is 3.15. The first-order valence-electron chi connectivity index (χ1n) is 6.50. The van der Waals surface area contributed by atoms with Crippen LogP contribution in [0, 0.1) is 13.8 Å². The Bertz CT molecular complexity index is 450. The van der Waals surface area contributed by atoms with E-state index >= 15 is 0 Å². The quantitative estimate of drug-likeness (QED) is 0.816. The number of ether oxygens (including phenoxy) is 1. The minimum atomic E-state index is -0.116. The van der Waals surface area contributed by atoms with Crippen LogP contribution < -0.4 is 15.4 Å². The van der Waals surface area contributed by atoms with Crippen LogP contribution in [0.5, 0.6) is 5.75 Å². The van der Waals surface area contributed by atoms with Crippen molar-refractivity contribution in [1.82, 2.24) is 10.6 Å². The van der Waals surface area contributed by atoms with Gasteiger partial charge >= 0.3 is 6.03 Å². The maximum absolute atomic E-state index is 11.4. The first-order chi connectivity index (χ1) is 9.06. The molecule has 2 amide bonds. The van der Waals surface area contributed by atoms with Crippen LogP contribution in [0.15, 0.2) is 12.1 Å². The molecule has 0 heterocycles. The van der Waals surface area contributed by atoms with Crippen molar-refractivity contribution in [1.29, 1.82) is 0 Å². The third-order valence-corrected chi connectivity index (χ3v) is 3.58. The Kier molecular flexibility index (Phi) is 4.53. The molecule has 104 valence electrons. The summed E-state index contributed by atoms with van der Waals surface area (Å²) in [4.78, 5) is 11.4. The molecule has 0 bridgehead atoms. The molecule has 1 aromatic rings. The predicted octanol–water partition coefficient (Wildman–Crippen LogP) is 2.80. The SMILES string of the molecule is Cc1cc(OCCNC(=O)NC2CC2)cc(C)c1Cl. The zero-order valence-electron chi connectivity index (χ0n) is 11.3. The van der Waals surface area contributed by atoms with E-state index in [-0.39, 0.29) is 6.03 Å². The minimum absolute atomic E-state index is 0.116. The number of aryl methyl sites for hydroxylation is 2. The highest BCUT2D eigenvalue weighted by atomic mass is 35.5. The van der Waals surface area contributed by atoms with E-state index in [2.05, 4.69) is 10.6 Å². The first-order valence-corrected chi connectivity index (χ1v) is 6.88. The topological polar surface area (TPSA) is 50.4 Å². The predicted molar refractivity (Wildman–Crippen MR) is 76.0 cm³/mol. The largest absolute Gasteiger partial charge is 0.492 e. The molecule has 1 aliphatic rings. The van der Waals surface area contributed by atoms with Crippen LogP contribution in [0.2, 0.25) is 5.02 Å². The van der Waals surface area contributed by atoms with E-state index in [0.717, 1.165) is 34.7 Å². The lowest BCUT2D eigenvalue weighted by Gasteiger charge is -2.11. The molecular weight excluding hydrogens is 264 g/mol. The Hall–Kier alpha value is -1.42. The molecule has 4 nitrogen and oxygen atoms in total. The lowest BCUT2D eigenvalue weighted by atomic mass is 10.1. The molecule has 1 fully saturated rings. The molecule has 2 N–H and O–H groups in total. The zero-order chi connectivity index (χ0) is 13.8. The van der Waals surface area contributed by atoms with Gasteiger partial charge in [0, 0.05) is 11.1 Å². The second kappa shape index (κ2) is 6.15. The smallest absolute Gasteiger partial charge is 0.315 e. The number of benzene rings is 1. The van der Waals surface area contributed by atoms with Crippen LogP contribution in [0.1, 0.15) is 24.0 Å². The molecule has 0 saturated heterocycles. The summed E-state index contributed by atoms with van der Waals surface area (Å²) in [6.45, 7) is 4.82. The van der Waals surface area contributed by atoms with Crippen LogP contribution >= 0.6 is 11.6 Å². The standard InChI is InChI=1S/C14H19ClN2O2/c1-9-7-12(8-10(2)13(9)15)19-6-5-16-14(18)17-11-3-4-11/h7-8,11H,3-6H2,1-2H3,(H2,16,17,18). The van der Waals surface area contributed by atoms with E-state index in [1.165, 1.54) is 0 Å². The van der Waals surface area contributed by atoms with Crippen molar-refractivity contribution in [2.24, 2.45) is 0 Å². The van der Waals surface area contributed by atoms with Crippen LogP contribution in [-0.2, 0) is 0 Å². The van der Waals surface area contributed by atoms with E-state index in [0.29, 0.717) is 19.2 Å². The van der Waals surface area contributed by atoms with Gasteiger partial charge in [-0.05, 0) is 49.9 Å². The van der Waals surface area contributed by atoms with Gasteiger partial charge in [-0.15, -0.1) is 0 Å². The number of nitrogens with one attached hydrogen (secondary N) is 2. The highest BCUT2D eigenvalue weighted by Gasteiger charge is 2.22. The monoisotopic (exact) mass is 282 g/mol. The number of rotatable bonds is 5. The van der Waals surface area contributed by atoms with Crippen molar-refractivity contribution < 1.29 is 9.53 Å². The summed E-state index contributed by atoms with van der Waals surface area (Å²) in [7, 11) is 0. The second-order valence-corrected chi connectivity index (χ2v) is 5.27. The highest BCUT2D eigenvalue weighted by Crippen LogP contribution is 2.25. The number of carbonyl (C=O) groups is 1. The lowest BCUT2D eigenvalue weighted by molar-refractivity contribution is 0.236. The van der Waals surface area contributed by atoms with Crippen LogP contribution in [0.25, 0.3) is 0 Å². The molecule has 0 aromatic heterocycles. The summed E-state index contributed by atoms with van der Waals surface area (Å²) in [6, 6.07) is 4.07. The normalized spacial score (nSPS) is 14.1.